The third-order valence-electron chi connectivity index (χ3n) is 2.31. The van der Waals surface area contributed by atoms with Crippen LogP contribution in [0.15, 0.2) is 18.2 Å². The summed E-state index contributed by atoms with van der Waals surface area (Å²) in [4.78, 5) is 0. The van der Waals surface area contributed by atoms with E-state index in [1.165, 1.54) is 7.11 Å². The molecule has 0 aromatic heterocycles. The van der Waals surface area contributed by atoms with E-state index in [-0.39, 0.29) is 6.61 Å². The zero-order valence-electron chi connectivity index (χ0n) is 10.1. The summed E-state index contributed by atoms with van der Waals surface area (Å²) >= 11 is 0. The second-order valence-corrected chi connectivity index (χ2v) is 3.86. The first-order chi connectivity index (χ1) is 8.33. The lowest BCUT2D eigenvalue weighted by Crippen LogP contribution is -2.17. The molecule has 0 amide bonds. The maximum absolute atomic E-state index is 12.0. The SMILES string of the molecule is COc1ccc(C(C)O)cc1COCC(F)(F)F. The average Bonchev–Trinajstić information content (AvgIpc) is 2.27. The number of methoxy groups -OCH3 is 1. The standard InChI is InChI=1S/C12H15F3O3/c1-8(16)9-3-4-11(17-2)10(5-9)6-18-7-12(13,14)15/h3-5,8,16H,6-7H2,1-2H3. The highest BCUT2D eigenvalue weighted by Crippen LogP contribution is 2.25. The van der Waals surface area contributed by atoms with E-state index >= 15 is 0 Å². The number of aliphatic hydroxyl groups is 1. The number of alkyl halides is 3. The molecule has 0 bridgehead atoms. The van der Waals surface area contributed by atoms with Gasteiger partial charge in [0, 0.05) is 5.56 Å². The smallest absolute Gasteiger partial charge is 0.411 e. The van der Waals surface area contributed by atoms with Crippen LogP contribution >= 0.6 is 0 Å². The fraction of sp³-hybridized carbons (Fsp3) is 0.500. The van der Waals surface area contributed by atoms with Crippen molar-refractivity contribution < 1.29 is 27.8 Å². The van der Waals surface area contributed by atoms with Crippen molar-refractivity contribution >= 4 is 0 Å². The number of aliphatic hydroxyl groups excluding tert-OH is 1. The minimum atomic E-state index is -4.35. The molecule has 0 aliphatic heterocycles. The van der Waals surface area contributed by atoms with Crippen molar-refractivity contribution in [1.82, 2.24) is 0 Å². The Bertz CT molecular complexity index is 389. The van der Waals surface area contributed by atoms with Crippen molar-refractivity contribution in [3.8, 4) is 5.75 Å². The third kappa shape index (κ3) is 4.54. The molecule has 3 nitrogen and oxygen atoms in total. The van der Waals surface area contributed by atoms with Gasteiger partial charge in [-0.3, -0.25) is 0 Å². The molecule has 18 heavy (non-hydrogen) atoms. The number of rotatable bonds is 5. The maximum Gasteiger partial charge on any atom is 0.411 e. The molecule has 1 unspecified atom stereocenters. The zero-order chi connectivity index (χ0) is 13.8. The molecule has 1 N–H and O–H groups in total. The van der Waals surface area contributed by atoms with E-state index in [0.29, 0.717) is 16.9 Å². The van der Waals surface area contributed by atoms with Gasteiger partial charge in [0.1, 0.15) is 12.4 Å². The van der Waals surface area contributed by atoms with Crippen molar-refractivity contribution in [2.75, 3.05) is 13.7 Å². The highest BCUT2D eigenvalue weighted by molar-refractivity contribution is 5.37. The van der Waals surface area contributed by atoms with Crippen molar-refractivity contribution in [3.05, 3.63) is 29.3 Å². The number of halogens is 3. The Morgan fingerprint density at radius 3 is 2.50 bits per heavy atom. The molecular formula is C12H15F3O3. The van der Waals surface area contributed by atoms with E-state index in [1.54, 1.807) is 25.1 Å². The molecule has 0 saturated carbocycles. The third-order valence-corrected chi connectivity index (χ3v) is 2.31. The molecule has 1 rings (SSSR count). The number of hydrogen-bond acceptors (Lipinski definition) is 3. The van der Waals surface area contributed by atoms with Crippen molar-refractivity contribution in [2.45, 2.75) is 25.8 Å². The minimum Gasteiger partial charge on any atom is -0.496 e. The average molecular weight is 264 g/mol. The van der Waals surface area contributed by atoms with Crippen LogP contribution in [0, 0.1) is 0 Å². The molecule has 1 atom stereocenters. The minimum absolute atomic E-state index is 0.219. The monoisotopic (exact) mass is 264 g/mol. The van der Waals surface area contributed by atoms with Crippen LogP contribution < -0.4 is 4.74 Å². The van der Waals surface area contributed by atoms with E-state index in [4.69, 9.17) is 4.74 Å². The summed E-state index contributed by atoms with van der Waals surface area (Å²) in [5, 5.41) is 9.40. The highest BCUT2D eigenvalue weighted by atomic mass is 19.4. The van der Waals surface area contributed by atoms with E-state index in [2.05, 4.69) is 4.74 Å². The molecule has 102 valence electrons. The van der Waals surface area contributed by atoms with Crippen molar-refractivity contribution in [2.24, 2.45) is 0 Å². The fourth-order valence-corrected chi connectivity index (χ4v) is 1.45. The van der Waals surface area contributed by atoms with Crippen molar-refractivity contribution in [1.29, 1.82) is 0 Å². The van der Waals surface area contributed by atoms with Gasteiger partial charge in [-0.15, -0.1) is 0 Å². The van der Waals surface area contributed by atoms with Gasteiger partial charge in [0.15, 0.2) is 0 Å². The van der Waals surface area contributed by atoms with Gasteiger partial charge in [-0.25, -0.2) is 0 Å². The molecule has 6 heteroatoms. The van der Waals surface area contributed by atoms with Gasteiger partial charge in [-0.1, -0.05) is 6.07 Å². The van der Waals surface area contributed by atoms with Crippen LogP contribution in [0.5, 0.6) is 5.75 Å². The molecule has 1 aromatic rings. The summed E-state index contributed by atoms with van der Waals surface area (Å²) in [5.41, 5.74) is 1.07. The van der Waals surface area contributed by atoms with Crippen LogP contribution in [0.4, 0.5) is 13.2 Å². The molecule has 0 heterocycles. The lowest BCUT2D eigenvalue weighted by atomic mass is 10.1. The molecule has 0 saturated heterocycles. The van der Waals surface area contributed by atoms with E-state index in [1.807, 2.05) is 0 Å². The second-order valence-electron chi connectivity index (χ2n) is 3.86. The second kappa shape index (κ2) is 6.06. The molecular weight excluding hydrogens is 249 g/mol. The normalized spacial score (nSPS) is 13.4. The summed E-state index contributed by atoms with van der Waals surface area (Å²) in [6, 6.07) is 4.81. The summed E-state index contributed by atoms with van der Waals surface area (Å²) in [6.07, 6.45) is -5.05. The number of ether oxygens (including phenoxy) is 2. The first-order valence-corrected chi connectivity index (χ1v) is 5.33. The molecule has 0 spiro atoms. The Kier molecular flexibility index (Phi) is 4.98. The summed E-state index contributed by atoms with van der Waals surface area (Å²) < 4.78 is 45.5. The van der Waals surface area contributed by atoms with Crippen LogP contribution in [-0.4, -0.2) is 25.0 Å². The highest BCUT2D eigenvalue weighted by Gasteiger charge is 2.27. The van der Waals surface area contributed by atoms with E-state index in [9.17, 15) is 18.3 Å². The van der Waals surface area contributed by atoms with Gasteiger partial charge in [0.2, 0.25) is 0 Å². The Morgan fingerprint density at radius 1 is 1.33 bits per heavy atom. The van der Waals surface area contributed by atoms with Gasteiger partial charge in [0.05, 0.1) is 19.8 Å². The van der Waals surface area contributed by atoms with Gasteiger partial charge < -0.3 is 14.6 Å². The molecule has 0 fully saturated rings. The Balaban J connectivity index is 2.75. The van der Waals surface area contributed by atoms with Crippen LogP contribution in [0.3, 0.4) is 0 Å². The fourth-order valence-electron chi connectivity index (χ4n) is 1.45. The molecule has 0 aliphatic rings. The molecule has 0 radical (unpaired) electrons. The predicted molar refractivity (Wildman–Crippen MR) is 59.3 cm³/mol. The molecule has 1 aromatic carbocycles. The lowest BCUT2D eigenvalue weighted by molar-refractivity contribution is -0.176. The van der Waals surface area contributed by atoms with Gasteiger partial charge >= 0.3 is 6.18 Å². The maximum atomic E-state index is 12.0. The topological polar surface area (TPSA) is 38.7 Å². The van der Waals surface area contributed by atoms with E-state index < -0.39 is 18.9 Å². The number of hydrogen-bond donors (Lipinski definition) is 1. The first-order valence-electron chi connectivity index (χ1n) is 5.33. The van der Waals surface area contributed by atoms with Gasteiger partial charge in [-0.2, -0.15) is 13.2 Å². The Labute approximate surface area is 103 Å². The Hall–Kier alpha value is -1.27. The van der Waals surface area contributed by atoms with Crippen molar-refractivity contribution in [3.63, 3.8) is 0 Å². The zero-order valence-corrected chi connectivity index (χ0v) is 10.1. The van der Waals surface area contributed by atoms with Crippen LogP contribution in [0.2, 0.25) is 0 Å². The van der Waals surface area contributed by atoms with Gasteiger partial charge in [-0.05, 0) is 24.6 Å². The summed E-state index contributed by atoms with van der Waals surface area (Å²) in [5.74, 6) is 0.432. The first kappa shape index (κ1) is 14.8. The molecule has 0 aliphatic carbocycles. The van der Waals surface area contributed by atoms with Crippen LogP contribution in [0.25, 0.3) is 0 Å². The van der Waals surface area contributed by atoms with Crippen LogP contribution in [0.1, 0.15) is 24.2 Å². The van der Waals surface area contributed by atoms with Crippen LogP contribution in [-0.2, 0) is 11.3 Å². The summed E-state index contributed by atoms with van der Waals surface area (Å²) in [7, 11) is 1.42. The largest absolute Gasteiger partial charge is 0.496 e. The quantitative estimate of drug-likeness (QED) is 0.888. The van der Waals surface area contributed by atoms with Gasteiger partial charge in [0.25, 0.3) is 0 Å². The summed E-state index contributed by atoms with van der Waals surface area (Å²) in [6.45, 7) is 0.0421. The Morgan fingerprint density at radius 2 is 2.00 bits per heavy atom. The lowest BCUT2D eigenvalue weighted by Gasteiger charge is -2.13. The predicted octanol–water partition coefficient (Wildman–Crippen LogP) is 2.83. The van der Waals surface area contributed by atoms with E-state index in [0.717, 1.165) is 0 Å². The number of benzene rings is 1.